The fraction of sp³-hybridized carbons (Fsp3) is 0.385. The molecule has 0 radical (unpaired) electrons. The van der Waals surface area contributed by atoms with Gasteiger partial charge in [-0.1, -0.05) is 30.3 Å². The van der Waals surface area contributed by atoms with Crippen molar-refractivity contribution in [2.24, 2.45) is 7.05 Å². The number of hydrogen-bond acceptors (Lipinski definition) is 4. The number of aryl methyl sites for hydroxylation is 1. The molecule has 0 aliphatic rings. The lowest BCUT2D eigenvalue weighted by Gasteiger charge is -2.02. The maximum Gasteiger partial charge on any atom is 0.117 e. The second-order valence-electron chi connectivity index (χ2n) is 4.10. The SMILES string of the molecule is Cl.Cn1nc(CNCCCO)c(-c2ccccc2)n1. The smallest absolute Gasteiger partial charge is 0.117 e. The second kappa shape index (κ2) is 7.89. The minimum Gasteiger partial charge on any atom is -0.396 e. The van der Waals surface area contributed by atoms with E-state index in [0.29, 0.717) is 6.54 Å². The summed E-state index contributed by atoms with van der Waals surface area (Å²) >= 11 is 0. The van der Waals surface area contributed by atoms with Crippen LogP contribution in [0.3, 0.4) is 0 Å². The zero-order chi connectivity index (χ0) is 12.8. The van der Waals surface area contributed by atoms with Gasteiger partial charge in [0.15, 0.2) is 0 Å². The summed E-state index contributed by atoms with van der Waals surface area (Å²) in [6.45, 7) is 1.65. The summed E-state index contributed by atoms with van der Waals surface area (Å²) in [7, 11) is 1.82. The predicted molar refractivity (Wildman–Crippen MR) is 77.1 cm³/mol. The van der Waals surface area contributed by atoms with Gasteiger partial charge in [-0.05, 0) is 13.0 Å². The maximum atomic E-state index is 8.73. The van der Waals surface area contributed by atoms with E-state index in [0.717, 1.165) is 29.9 Å². The van der Waals surface area contributed by atoms with Crippen molar-refractivity contribution in [3.05, 3.63) is 36.0 Å². The molecule has 0 amide bonds. The number of aromatic nitrogens is 3. The van der Waals surface area contributed by atoms with Crippen LogP contribution in [0.25, 0.3) is 11.3 Å². The first-order valence-electron chi connectivity index (χ1n) is 6.08. The van der Waals surface area contributed by atoms with Gasteiger partial charge >= 0.3 is 0 Å². The van der Waals surface area contributed by atoms with Crippen LogP contribution in [0.15, 0.2) is 30.3 Å². The van der Waals surface area contributed by atoms with E-state index in [1.807, 2.05) is 37.4 Å². The summed E-state index contributed by atoms with van der Waals surface area (Å²) in [5.74, 6) is 0. The molecule has 0 atom stereocenters. The van der Waals surface area contributed by atoms with Gasteiger partial charge in [-0.25, -0.2) is 0 Å². The van der Waals surface area contributed by atoms with E-state index in [9.17, 15) is 0 Å². The molecule has 1 heterocycles. The predicted octanol–water partition coefficient (Wildman–Crippen LogP) is 1.38. The Hall–Kier alpha value is -1.43. The largest absolute Gasteiger partial charge is 0.396 e. The quantitative estimate of drug-likeness (QED) is 0.786. The number of benzene rings is 1. The number of nitrogens with zero attached hydrogens (tertiary/aromatic N) is 3. The van der Waals surface area contributed by atoms with Crippen LogP contribution >= 0.6 is 12.4 Å². The Bertz CT molecular complexity index is 487. The van der Waals surface area contributed by atoms with Crippen LogP contribution in [-0.2, 0) is 13.6 Å². The van der Waals surface area contributed by atoms with Crippen molar-refractivity contribution in [1.29, 1.82) is 0 Å². The molecule has 1 aromatic heterocycles. The first-order chi connectivity index (χ1) is 8.81. The summed E-state index contributed by atoms with van der Waals surface area (Å²) in [6, 6.07) is 10.0. The second-order valence-corrected chi connectivity index (χ2v) is 4.10. The van der Waals surface area contributed by atoms with Gasteiger partial charge in [0.25, 0.3) is 0 Å². The topological polar surface area (TPSA) is 63.0 Å². The zero-order valence-corrected chi connectivity index (χ0v) is 11.7. The van der Waals surface area contributed by atoms with Crippen molar-refractivity contribution in [2.75, 3.05) is 13.2 Å². The van der Waals surface area contributed by atoms with E-state index in [4.69, 9.17) is 5.11 Å². The Labute approximate surface area is 119 Å². The van der Waals surface area contributed by atoms with Gasteiger partial charge in [0, 0.05) is 25.8 Å². The Morgan fingerprint density at radius 1 is 1.21 bits per heavy atom. The third-order valence-corrected chi connectivity index (χ3v) is 2.63. The van der Waals surface area contributed by atoms with E-state index in [1.165, 1.54) is 0 Å². The van der Waals surface area contributed by atoms with Crippen molar-refractivity contribution in [2.45, 2.75) is 13.0 Å². The molecule has 0 saturated carbocycles. The lowest BCUT2D eigenvalue weighted by molar-refractivity contribution is 0.286. The monoisotopic (exact) mass is 282 g/mol. The molecule has 0 saturated heterocycles. The van der Waals surface area contributed by atoms with E-state index < -0.39 is 0 Å². The third kappa shape index (κ3) is 4.31. The highest BCUT2D eigenvalue weighted by Gasteiger charge is 2.10. The molecule has 6 heteroatoms. The van der Waals surface area contributed by atoms with Gasteiger partial charge in [0.2, 0.25) is 0 Å². The summed E-state index contributed by atoms with van der Waals surface area (Å²) in [4.78, 5) is 1.59. The lowest BCUT2D eigenvalue weighted by atomic mass is 10.1. The van der Waals surface area contributed by atoms with Crippen LogP contribution in [-0.4, -0.2) is 33.3 Å². The summed E-state index contributed by atoms with van der Waals surface area (Å²) in [5.41, 5.74) is 2.92. The fourth-order valence-corrected chi connectivity index (χ4v) is 1.80. The molecule has 104 valence electrons. The van der Waals surface area contributed by atoms with Crippen LogP contribution in [0, 0.1) is 0 Å². The zero-order valence-electron chi connectivity index (χ0n) is 10.9. The van der Waals surface area contributed by atoms with Crippen LogP contribution in [0.5, 0.6) is 0 Å². The highest BCUT2D eigenvalue weighted by atomic mass is 35.5. The molecule has 0 fully saturated rings. The summed E-state index contributed by atoms with van der Waals surface area (Å²) in [5, 5.41) is 20.7. The van der Waals surface area contributed by atoms with Crippen molar-refractivity contribution in [3.8, 4) is 11.3 Å². The molecule has 5 nitrogen and oxygen atoms in total. The standard InChI is InChI=1S/C13H18N4O.ClH/c1-17-15-12(10-14-8-5-9-18)13(16-17)11-6-3-2-4-7-11;/h2-4,6-7,14,18H,5,8-10H2,1H3;1H. The molecule has 2 rings (SSSR count). The number of rotatable bonds is 6. The summed E-state index contributed by atoms with van der Waals surface area (Å²) in [6.07, 6.45) is 0.751. The molecule has 19 heavy (non-hydrogen) atoms. The Kier molecular flexibility index (Phi) is 6.49. The normalized spacial score (nSPS) is 10.2. The van der Waals surface area contributed by atoms with Crippen LogP contribution < -0.4 is 5.32 Å². The Morgan fingerprint density at radius 3 is 2.63 bits per heavy atom. The highest BCUT2D eigenvalue weighted by molar-refractivity contribution is 5.85. The molecule has 0 spiro atoms. The van der Waals surface area contributed by atoms with E-state index in [2.05, 4.69) is 15.5 Å². The van der Waals surface area contributed by atoms with Crippen molar-refractivity contribution < 1.29 is 5.11 Å². The molecule has 0 unspecified atom stereocenters. The molecule has 0 bridgehead atoms. The van der Waals surface area contributed by atoms with E-state index in [1.54, 1.807) is 4.80 Å². The Balaban J connectivity index is 0.00000180. The van der Waals surface area contributed by atoms with Crippen LogP contribution in [0.4, 0.5) is 0 Å². The van der Waals surface area contributed by atoms with Gasteiger partial charge in [-0.15, -0.1) is 12.4 Å². The molecule has 2 N–H and O–H groups in total. The summed E-state index contributed by atoms with van der Waals surface area (Å²) < 4.78 is 0. The fourth-order valence-electron chi connectivity index (χ4n) is 1.80. The number of aliphatic hydroxyl groups is 1. The maximum absolute atomic E-state index is 8.73. The van der Waals surface area contributed by atoms with Gasteiger partial charge in [0.1, 0.15) is 11.4 Å². The Morgan fingerprint density at radius 2 is 1.95 bits per heavy atom. The minimum absolute atomic E-state index is 0. The van der Waals surface area contributed by atoms with Crippen LogP contribution in [0.1, 0.15) is 12.1 Å². The number of halogens is 1. The van der Waals surface area contributed by atoms with E-state index in [-0.39, 0.29) is 19.0 Å². The first-order valence-corrected chi connectivity index (χ1v) is 6.08. The highest BCUT2D eigenvalue weighted by Crippen LogP contribution is 2.19. The number of nitrogens with one attached hydrogen (secondary N) is 1. The van der Waals surface area contributed by atoms with Crippen molar-refractivity contribution in [3.63, 3.8) is 0 Å². The average Bonchev–Trinajstić information content (AvgIpc) is 2.77. The molecular formula is C13H19ClN4O. The average molecular weight is 283 g/mol. The molecule has 0 aliphatic heterocycles. The molecule has 2 aromatic rings. The molecular weight excluding hydrogens is 264 g/mol. The third-order valence-electron chi connectivity index (χ3n) is 2.63. The minimum atomic E-state index is 0. The lowest BCUT2D eigenvalue weighted by Crippen LogP contribution is -2.16. The van der Waals surface area contributed by atoms with Gasteiger partial charge in [-0.3, -0.25) is 0 Å². The molecule has 1 aromatic carbocycles. The number of aliphatic hydroxyl groups excluding tert-OH is 1. The van der Waals surface area contributed by atoms with Gasteiger partial charge in [-0.2, -0.15) is 15.0 Å². The first kappa shape index (κ1) is 15.6. The van der Waals surface area contributed by atoms with Crippen molar-refractivity contribution in [1.82, 2.24) is 20.3 Å². The van der Waals surface area contributed by atoms with Crippen molar-refractivity contribution >= 4 is 12.4 Å². The van der Waals surface area contributed by atoms with Gasteiger partial charge < -0.3 is 10.4 Å². The van der Waals surface area contributed by atoms with Crippen LogP contribution in [0.2, 0.25) is 0 Å². The molecule has 0 aliphatic carbocycles. The van der Waals surface area contributed by atoms with Gasteiger partial charge in [0.05, 0.1) is 0 Å². The number of hydrogen-bond donors (Lipinski definition) is 2. The van der Waals surface area contributed by atoms with E-state index >= 15 is 0 Å².